The van der Waals surface area contributed by atoms with Gasteiger partial charge in [0.25, 0.3) is 0 Å². The number of benzene rings is 3. The first-order chi connectivity index (χ1) is 15.4. The maximum atomic E-state index is 13.1. The minimum Gasteiger partial charge on any atom is -0.480 e. The van der Waals surface area contributed by atoms with Gasteiger partial charge in [-0.05, 0) is 34.2 Å². The minimum absolute atomic E-state index is 0.0491. The van der Waals surface area contributed by atoms with E-state index in [4.69, 9.17) is 0 Å². The third-order valence-electron chi connectivity index (χ3n) is 5.79. The number of aliphatic carboxylic acids is 1. The van der Waals surface area contributed by atoms with Crippen LogP contribution in [0.1, 0.15) is 17.5 Å². The van der Waals surface area contributed by atoms with Crippen LogP contribution in [0.3, 0.4) is 0 Å². The smallest absolute Gasteiger partial charge is 0.323 e. The number of carboxylic acids is 1. The molecule has 1 unspecified atom stereocenters. The summed E-state index contributed by atoms with van der Waals surface area (Å²) < 4.78 is 27.5. The van der Waals surface area contributed by atoms with Crippen molar-refractivity contribution in [1.82, 2.24) is 4.31 Å². The number of hydrogen-bond acceptors (Lipinski definition) is 3. The molecule has 1 N–H and O–H groups in total. The molecule has 0 saturated heterocycles. The molecule has 4 rings (SSSR count). The van der Waals surface area contributed by atoms with E-state index < -0.39 is 21.2 Å². The predicted octanol–water partition coefficient (Wildman–Crippen LogP) is 4.47. The molecule has 0 spiro atoms. The van der Waals surface area contributed by atoms with Crippen LogP contribution in [0.25, 0.3) is 16.7 Å². The molecule has 0 fully saturated rings. The monoisotopic (exact) mass is 447 g/mol. The fourth-order valence-corrected chi connectivity index (χ4v) is 5.63. The number of hydrogen-bond donors (Lipinski definition) is 1. The zero-order valence-electron chi connectivity index (χ0n) is 17.6. The van der Waals surface area contributed by atoms with Gasteiger partial charge in [-0.25, -0.2) is 8.42 Å². The maximum absolute atomic E-state index is 13.1. The van der Waals surface area contributed by atoms with Crippen molar-refractivity contribution in [3.63, 3.8) is 0 Å². The Morgan fingerprint density at radius 2 is 1.41 bits per heavy atom. The van der Waals surface area contributed by atoms with Crippen molar-refractivity contribution in [2.75, 3.05) is 13.1 Å². The van der Waals surface area contributed by atoms with Crippen molar-refractivity contribution in [2.24, 2.45) is 0 Å². The molecule has 0 bridgehead atoms. The summed E-state index contributed by atoms with van der Waals surface area (Å²) in [5, 5.41) is 8.13. The fraction of sp³-hybridized carbons (Fsp3) is 0.192. The van der Waals surface area contributed by atoms with E-state index in [9.17, 15) is 18.3 Å². The second kappa shape index (κ2) is 9.51. The topological polar surface area (TPSA) is 74.7 Å². The highest BCUT2D eigenvalue weighted by Gasteiger charge is 2.38. The molecule has 5 nitrogen and oxygen atoms in total. The Labute approximate surface area is 188 Å². The highest BCUT2D eigenvalue weighted by molar-refractivity contribution is 7.90. The Morgan fingerprint density at radius 1 is 0.844 bits per heavy atom. The van der Waals surface area contributed by atoms with E-state index in [0.29, 0.717) is 12.0 Å². The predicted molar refractivity (Wildman–Crippen MR) is 127 cm³/mol. The summed E-state index contributed by atoms with van der Waals surface area (Å²) in [6.45, 7) is 0.448. The van der Waals surface area contributed by atoms with Crippen LogP contribution in [0.15, 0.2) is 91.0 Å². The highest BCUT2D eigenvalue weighted by atomic mass is 32.2. The molecular weight excluding hydrogens is 422 g/mol. The van der Waals surface area contributed by atoms with E-state index in [1.807, 2.05) is 42.5 Å². The molecule has 1 aliphatic heterocycles. The van der Waals surface area contributed by atoms with Crippen molar-refractivity contribution >= 4 is 21.6 Å². The number of rotatable bonds is 7. The summed E-state index contributed by atoms with van der Waals surface area (Å²) in [5.41, 5.74) is 5.09. The van der Waals surface area contributed by atoms with Crippen LogP contribution in [0.4, 0.5) is 0 Å². The first-order valence-electron chi connectivity index (χ1n) is 10.6. The van der Waals surface area contributed by atoms with Gasteiger partial charge in [0.15, 0.2) is 5.25 Å². The van der Waals surface area contributed by atoms with Gasteiger partial charge in [-0.15, -0.1) is 0 Å². The molecule has 0 radical (unpaired) electrons. The lowest BCUT2D eigenvalue weighted by Crippen LogP contribution is -2.45. The number of carbonyl (C=O) groups is 1. The Hall–Kier alpha value is -3.22. The van der Waals surface area contributed by atoms with Crippen molar-refractivity contribution in [1.29, 1.82) is 0 Å². The van der Waals surface area contributed by atoms with Crippen LogP contribution in [0.2, 0.25) is 0 Å². The molecular formula is C26H25NO4S. The molecule has 164 valence electrons. The summed E-state index contributed by atoms with van der Waals surface area (Å²) >= 11 is 0. The molecule has 1 atom stereocenters. The molecule has 6 heteroatoms. The molecule has 3 aromatic rings. The number of nitrogens with zero attached hydrogens (tertiary/aromatic N) is 1. The number of carboxylic acid groups (broad SMARTS) is 1. The van der Waals surface area contributed by atoms with E-state index in [0.717, 1.165) is 22.3 Å². The van der Waals surface area contributed by atoms with E-state index in [1.165, 1.54) is 4.31 Å². The average molecular weight is 448 g/mol. The van der Waals surface area contributed by atoms with Gasteiger partial charge in [-0.3, -0.25) is 4.79 Å². The van der Waals surface area contributed by atoms with Crippen molar-refractivity contribution < 1.29 is 18.3 Å². The quantitative estimate of drug-likeness (QED) is 0.580. The minimum atomic E-state index is -3.98. The summed E-state index contributed by atoms with van der Waals surface area (Å²) in [5.74, 6) is -1.32. The van der Waals surface area contributed by atoms with E-state index >= 15 is 0 Å². The molecule has 1 aliphatic rings. The molecule has 0 aromatic heterocycles. The van der Waals surface area contributed by atoms with Crippen LogP contribution in [-0.2, 0) is 21.2 Å². The summed E-state index contributed by atoms with van der Waals surface area (Å²) in [6.07, 6.45) is 2.38. The van der Waals surface area contributed by atoms with Gasteiger partial charge in [0.1, 0.15) is 0 Å². The van der Waals surface area contributed by atoms with Gasteiger partial charge in [0.05, 0.1) is 0 Å². The van der Waals surface area contributed by atoms with Crippen LogP contribution in [0.5, 0.6) is 0 Å². The van der Waals surface area contributed by atoms with Crippen LogP contribution in [-0.4, -0.2) is 42.1 Å². The third-order valence-corrected chi connectivity index (χ3v) is 7.93. The highest BCUT2D eigenvalue weighted by Crippen LogP contribution is 2.28. The summed E-state index contributed by atoms with van der Waals surface area (Å²) in [4.78, 5) is 11.8. The fourth-order valence-electron chi connectivity index (χ4n) is 3.98. The molecule has 0 amide bonds. The zero-order valence-corrected chi connectivity index (χ0v) is 18.4. The Kier molecular flexibility index (Phi) is 6.53. The van der Waals surface area contributed by atoms with E-state index in [-0.39, 0.29) is 19.5 Å². The molecule has 0 saturated carbocycles. The van der Waals surface area contributed by atoms with Crippen LogP contribution >= 0.6 is 0 Å². The number of sulfonamides is 1. The van der Waals surface area contributed by atoms with E-state index in [1.54, 1.807) is 24.3 Å². The molecule has 0 aliphatic carbocycles. The standard InChI is InChI=1S/C26H25NO4S/c28-26(29)25(19-20-7-3-1-4-8-20)32(30,31)27-17-15-24(16-18-27)23-13-11-22(12-14-23)21-9-5-2-6-10-21/h1-15,25H,16-19H2,(H,28,29). The van der Waals surface area contributed by atoms with Gasteiger partial charge in [0.2, 0.25) is 10.0 Å². The summed E-state index contributed by atoms with van der Waals surface area (Å²) in [7, 11) is -3.98. The second-order valence-electron chi connectivity index (χ2n) is 7.84. The maximum Gasteiger partial charge on any atom is 0.323 e. The summed E-state index contributed by atoms with van der Waals surface area (Å²) in [6, 6.07) is 27.2. The lowest BCUT2D eigenvalue weighted by molar-refractivity contribution is -0.136. The molecule has 1 heterocycles. The van der Waals surface area contributed by atoms with Crippen molar-refractivity contribution in [3.8, 4) is 11.1 Å². The average Bonchev–Trinajstić information content (AvgIpc) is 2.84. The van der Waals surface area contributed by atoms with Gasteiger partial charge in [-0.2, -0.15) is 4.31 Å². The lowest BCUT2D eigenvalue weighted by Gasteiger charge is -2.28. The normalized spacial score (nSPS) is 15.7. The second-order valence-corrected chi connectivity index (χ2v) is 9.96. The SMILES string of the molecule is O=C(O)C(Cc1ccccc1)S(=O)(=O)N1CC=C(c2ccc(-c3ccccc3)cc2)CC1. The largest absolute Gasteiger partial charge is 0.480 e. The van der Waals surface area contributed by atoms with Gasteiger partial charge >= 0.3 is 5.97 Å². The van der Waals surface area contributed by atoms with Crippen LogP contribution in [0, 0.1) is 0 Å². The molecule has 32 heavy (non-hydrogen) atoms. The van der Waals surface area contributed by atoms with Gasteiger partial charge in [0, 0.05) is 19.5 Å². The Bertz CT molecular complexity index is 1200. The van der Waals surface area contributed by atoms with Crippen molar-refractivity contribution in [3.05, 3.63) is 102 Å². The van der Waals surface area contributed by atoms with Crippen LogP contribution < -0.4 is 0 Å². The first kappa shape index (κ1) is 22.0. The Morgan fingerprint density at radius 3 is 1.97 bits per heavy atom. The third kappa shape index (κ3) is 4.82. The first-order valence-corrected chi connectivity index (χ1v) is 12.1. The van der Waals surface area contributed by atoms with Crippen molar-refractivity contribution in [2.45, 2.75) is 18.1 Å². The Balaban J connectivity index is 1.48. The zero-order chi connectivity index (χ0) is 22.6. The molecule has 3 aromatic carbocycles. The van der Waals surface area contributed by atoms with Gasteiger partial charge < -0.3 is 5.11 Å². The van der Waals surface area contributed by atoms with E-state index in [2.05, 4.69) is 24.3 Å². The van der Waals surface area contributed by atoms with Gasteiger partial charge in [-0.1, -0.05) is 91.0 Å². The lowest BCUT2D eigenvalue weighted by atomic mass is 9.97.